The summed E-state index contributed by atoms with van der Waals surface area (Å²) in [6.07, 6.45) is 4.33. The highest BCUT2D eigenvalue weighted by Gasteiger charge is 2.31. The van der Waals surface area contributed by atoms with Crippen LogP contribution in [0.3, 0.4) is 0 Å². The van der Waals surface area contributed by atoms with Crippen LogP contribution in [0.2, 0.25) is 0 Å². The van der Waals surface area contributed by atoms with E-state index in [0.717, 1.165) is 34.5 Å². The van der Waals surface area contributed by atoms with Gasteiger partial charge in [0.05, 0.1) is 35.6 Å². The standard InChI is InChI=1S/C25H24N4O4S/c1-3-33-25(30)23-20-13-14-22-21(15-26-28(22)16-17-7-5-4-6-8-17)24(20)29(27-23)18-9-11-19(12-10-18)34(2,31)32/h4-12,15H,3,13-14,16H2,1-2H3. The average molecular weight is 477 g/mol. The van der Waals surface area contributed by atoms with Crippen LogP contribution in [0.4, 0.5) is 0 Å². The highest BCUT2D eigenvalue weighted by atomic mass is 32.2. The minimum Gasteiger partial charge on any atom is -0.461 e. The smallest absolute Gasteiger partial charge is 0.359 e. The first kappa shape index (κ1) is 22.1. The summed E-state index contributed by atoms with van der Waals surface area (Å²) in [6, 6.07) is 16.6. The summed E-state index contributed by atoms with van der Waals surface area (Å²) in [5.41, 5.74) is 5.67. The molecular formula is C25H24N4O4S. The summed E-state index contributed by atoms with van der Waals surface area (Å²) in [6.45, 7) is 2.66. The van der Waals surface area contributed by atoms with Crippen LogP contribution in [0.1, 0.15) is 34.2 Å². The lowest BCUT2D eigenvalue weighted by Crippen LogP contribution is -2.13. The van der Waals surface area contributed by atoms with Gasteiger partial charge in [-0.15, -0.1) is 0 Å². The molecule has 174 valence electrons. The molecule has 34 heavy (non-hydrogen) atoms. The van der Waals surface area contributed by atoms with E-state index in [1.807, 2.05) is 29.1 Å². The van der Waals surface area contributed by atoms with Crippen molar-refractivity contribution in [2.24, 2.45) is 0 Å². The Morgan fingerprint density at radius 3 is 2.47 bits per heavy atom. The summed E-state index contributed by atoms with van der Waals surface area (Å²) >= 11 is 0. The van der Waals surface area contributed by atoms with E-state index >= 15 is 0 Å². The van der Waals surface area contributed by atoms with Crippen molar-refractivity contribution >= 4 is 15.8 Å². The molecule has 0 spiro atoms. The van der Waals surface area contributed by atoms with Gasteiger partial charge in [-0.25, -0.2) is 17.9 Å². The lowest BCUT2D eigenvalue weighted by molar-refractivity contribution is 0.0517. The number of hydrogen-bond donors (Lipinski definition) is 0. The second kappa shape index (κ2) is 8.57. The number of benzene rings is 2. The van der Waals surface area contributed by atoms with Crippen LogP contribution in [-0.2, 0) is 34.0 Å². The number of carbonyl (C=O) groups excluding carboxylic acids is 1. The van der Waals surface area contributed by atoms with Gasteiger partial charge >= 0.3 is 5.97 Å². The molecule has 2 aromatic carbocycles. The number of ether oxygens (including phenoxy) is 1. The van der Waals surface area contributed by atoms with Crippen molar-refractivity contribution in [1.82, 2.24) is 19.6 Å². The Morgan fingerprint density at radius 2 is 1.79 bits per heavy atom. The topological polar surface area (TPSA) is 96.1 Å². The number of esters is 1. The molecular weight excluding hydrogens is 452 g/mol. The minimum atomic E-state index is -3.33. The van der Waals surface area contributed by atoms with E-state index in [4.69, 9.17) is 4.74 Å². The van der Waals surface area contributed by atoms with Crippen LogP contribution in [-0.4, -0.2) is 46.8 Å². The number of rotatable bonds is 6. The Bertz CT molecular complexity index is 1470. The molecule has 0 aliphatic heterocycles. The molecule has 1 aliphatic carbocycles. The molecule has 0 unspecified atom stereocenters. The number of carbonyl (C=O) groups is 1. The highest BCUT2D eigenvalue weighted by molar-refractivity contribution is 7.90. The van der Waals surface area contributed by atoms with Crippen molar-refractivity contribution in [2.75, 3.05) is 12.9 Å². The average Bonchev–Trinajstić information content (AvgIpc) is 3.41. The van der Waals surface area contributed by atoms with Crippen LogP contribution in [0.15, 0.2) is 65.7 Å². The molecule has 1 aliphatic rings. The molecule has 0 amide bonds. The van der Waals surface area contributed by atoms with E-state index in [2.05, 4.69) is 22.3 Å². The molecule has 2 heterocycles. The number of fused-ring (bicyclic) bond motifs is 3. The predicted molar refractivity (Wildman–Crippen MR) is 127 cm³/mol. The van der Waals surface area contributed by atoms with Crippen LogP contribution >= 0.6 is 0 Å². The van der Waals surface area contributed by atoms with Gasteiger partial charge in [-0.2, -0.15) is 10.2 Å². The Morgan fingerprint density at radius 1 is 1.06 bits per heavy atom. The first-order valence-electron chi connectivity index (χ1n) is 11.0. The predicted octanol–water partition coefficient (Wildman–Crippen LogP) is 3.46. The van der Waals surface area contributed by atoms with Crippen molar-refractivity contribution in [2.45, 2.75) is 31.2 Å². The second-order valence-electron chi connectivity index (χ2n) is 8.22. The molecule has 2 aromatic heterocycles. The molecule has 8 nitrogen and oxygen atoms in total. The molecule has 0 saturated heterocycles. The Hall–Kier alpha value is -3.72. The van der Waals surface area contributed by atoms with Gasteiger partial charge < -0.3 is 4.74 Å². The Labute approximate surface area is 197 Å². The van der Waals surface area contributed by atoms with Crippen molar-refractivity contribution in [1.29, 1.82) is 0 Å². The molecule has 9 heteroatoms. The quantitative estimate of drug-likeness (QED) is 0.396. The molecule has 0 N–H and O–H groups in total. The van der Waals surface area contributed by atoms with Crippen LogP contribution in [0.5, 0.6) is 0 Å². The van der Waals surface area contributed by atoms with Crippen LogP contribution < -0.4 is 0 Å². The fourth-order valence-electron chi connectivity index (χ4n) is 4.36. The van der Waals surface area contributed by atoms with E-state index in [-0.39, 0.29) is 17.2 Å². The van der Waals surface area contributed by atoms with Gasteiger partial charge in [-0.1, -0.05) is 30.3 Å². The number of aromatic nitrogens is 4. The lowest BCUT2D eigenvalue weighted by atomic mass is 9.93. The third kappa shape index (κ3) is 3.92. The zero-order valence-electron chi connectivity index (χ0n) is 18.9. The zero-order chi connectivity index (χ0) is 23.9. The van der Waals surface area contributed by atoms with E-state index in [1.54, 1.807) is 35.9 Å². The Kier molecular flexibility index (Phi) is 5.57. The summed E-state index contributed by atoms with van der Waals surface area (Å²) < 4.78 is 32.7. The van der Waals surface area contributed by atoms with Gasteiger partial charge in [0.15, 0.2) is 15.5 Å². The van der Waals surface area contributed by atoms with Gasteiger partial charge in [-0.05, 0) is 49.6 Å². The van der Waals surface area contributed by atoms with Crippen molar-refractivity contribution in [3.63, 3.8) is 0 Å². The van der Waals surface area contributed by atoms with Crippen molar-refractivity contribution in [3.8, 4) is 16.9 Å². The molecule has 0 saturated carbocycles. The Balaban J connectivity index is 1.63. The van der Waals surface area contributed by atoms with Crippen molar-refractivity contribution in [3.05, 3.63) is 83.3 Å². The van der Waals surface area contributed by atoms with E-state index < -0.39 is 15.8 Å². The summed E-state index contributed by atoms with van der Waals surface area (Å²) in [5.74, 6) is -0.467. The monoisotopic (exact) mass is 476 g/mol. The SMILES string of the molecule is CCOC(=O)c1nn(-c2ccc(S(C)(=O)=O)cc2)c2c1CCc1c-2cnn1Cc1ccccc1. The molecule has 5 rings (SSSR count). The van der Waals surface area contributed by atoms with Crippen LogP contribution in [0, 0.1) is 0 Å². The fourth-order valence-corrected chi connectivity index (χ4v) is 4.99. The lowest BCUT2D eigenvalue weighted by Gasteiger charge is -2.17. The minimum absolute atomic E-state index is 0.222. The largest absolute Gasteiger partial charge is 0.461 e. The van der Waals surface area contributed by atoms with Gasteiger partial charge in [0.1, 0.15) is 0 Å². The normalized spacial score (nSPS) is 12.8. The molecule has 0 radical (unpaired) electrons. The van der Waals surface area contributed by atoms with Gasteiger partial charge in [0.2, 0.25) is 0 Å². The number of nitrogens with zero attached hydrogens (tertiary/aromatic N) is 4. The maximum Gasteiger partial charge on any atom is 0.359 e. The van der Waals surface area contributed by atoms with Gasteiger partial charge in [0.25, 0.3) is 0 Å². The molecule has 0 bridgehead atoms. The third-order valence-corrected chi connectivity index (χ3v) is 7.08. The first-order valence-corrected chi connectivity index (χ1v) is 12.9. The van der Waals surface area contributed by atoms with Gasteiger partial charge in [-0.3, -0.25) is 4.68 Å². The van der Waals surface area contributed by atoms with Crippen molar-refractivity contribution < 1.29 is 17.9 Å². The van der Waals surface area contributed by atoms with E-state index in [0.29, 0.717) is 18.7 Å². The fraction of sp³-hybridized carbons (Fsp3) is 0.240. The maximum atomic E-state index is 12.7. The van der Waals surface area contributed by atoms with E-state index in [1.165, 1.54) is 6.26 Å². The summed E-state index contributed by atoms with van der Waals surface area (Å²) in [7, 11) is -3.33. The number of hydrogen-bond acceptors (Lipinski definition) is 6. The molecule has 4 aromatic rings. The van der Waals surface area contributed by atoms with Gasteiger partial charge in [0, 0.05) is 23.1 Å². The zero-order valence-corrected chi connectivity index (χ0v) is 19.7. The maximum absolute atomic E-state index is 12.7. The van der Waals surface area contributed by atoms with Crippen LogP contribution in [0.25, 0.3) is 16.9 Å². The highest BCUT2D eigenvalue weighted by Crippen LogP contribution is 2.37. The third-order valence-electron chi connectivity index (χ3n) is 5.95. The van der Waals surface area contributed by atoms with E-state index in [9.17, 15) is 13.2 Å². The summed E-state index contributed by atoms with van der Waals surface area (Å²) in [4.78, 5) is 12.9. The summed E-state index contributed by atoms with van der Waals surface area (Å²) in [5, 5.41) is 9.26. The first-order chi connectivity index (χ1) is 16.4. The number of sulfone groups is 1. The molecule has 0 fully saturated rings. The second-order valence-corrected chi connectivity index (χ2v) is 10.2. The molecule has 0 atom stereocenters.